The number of ketones is 1. The number of ether oxygens (including phenoxy) is 1. The first-order valence-electron chi connectivity index (χ1n) is 8.31. The van der Waals surface area contributed by atoms with Gasteiger partial charge in [-0.25, -0.2) is 0 Å². The van der Waals surface area contributed by atoms with Crippen LogP contribution in [0.25, 0.3) is 6.08 Å². The highest BCUT2D eigenvalue weighted by molar-refractivity contribution is 6.16. The molecule has 0 bridgehead atoms. The lowest BCUT2D eigenvalue weighted by Crippen LogP contribution is -2.16. The lowest BCUT2D eigenvalue weighted by atomic mass is 9.82. The van der Waals surface area contributed by atoms with Gasteiger partial charge in [0.25, 0.3) is 0 Å². The number of phenolic OH excluding ortho intramolecular Hbond substituents is 2. The summed E-state index contributed by atoms with van der Waals surface area (Å²) in [6.45, 7) is 5.93. The van der Waals surface area contributed by atoms with Crippen molar-refractivity contribution in [2.24, 2.45) is 5.92 Å². The van der Waals surface area contributed by atoms with Crippen molar-refractivity contribution in [3.05, 3.63) is 57.7 Å². The van der Waals surface area contributed by atoms with Gasteiger partial charge in [-0.1, -0.05) is 32.1 Å². The minimum atomic E-state index is -0.354. The van der Waals surface area contributed by atoms with Crippen molar-refractivity contribution in [1.82, 2.24) is 0 Å². The number of carbonyl (C=O) groups excluding carboxylic acids is 1. The van der Waals surface area contributed by atoms with Crippen molar-refractivity contribution in [3.63, 3.8) is 0 Å². The molecule has 1 aliphatic carbocycles. The van der Waals surface area contributed by atoms with Gasteiger partial charge in [0.15, 0.2) is 0 Å². The van der Waals surface area contributed by atoms with Gasteiger partial charge in [0.05, 0.1) is 23.8 Å². The standard InChI is InChI=1S/C21H22O4/c1-11(2)5-6-15-17(25-4)10-14-9-13-7-12(3)8-16(22)18(13)21(24)19(14)20(15)23/h5-8,10-11,22-23H,9H2,1-4H3. The zero-order chi connectivity index (χ0) is 18.3. The number of allylic oxidation sites excluding steroid dienone is 1. The molecule has 0 saturated carbocycles. The fraction of sp³-hybridized carbons (Fsp3) is 0.286. The molecule has 25 heavy (non-hydrogen) atoms. The predicted molar refractivity (Wildman–Crippen MR) is 97.6 cm³/mol. The molecule has 0 heterocycles. The smallest absolute Gasteiger partial charge is 0.201 e. The fourth-order valence-corrected chi connectivity index (χ4v) is 3.30. The second-order valence-electron chi connectivity index (χ2n) is 6.80. The van der Waals surface area contributed by atoms with Gasteiger partial charge in [-0.05, 0) is 48.1 Å². The minimum Gasteiger partial charge on any atom is -0.507 e. The molecular formula is C21H22O4. The Balaban J connectivity index is 2.23. The molecule has 0 saturated heterocycles. The van der Waals surface area contributed by atoms with Crippen LogP contribution >= 0.6 is 0 Å². The molecule has 2 aromatic carbocycles. The van der Waals surface area contributed by atoms with Gasteiger partial charge < -0.3 is 14.9 Å². The van der Waals surface area contributed by atoms with E-state index < -0.39 is 0 Å². The molecule has 0 spiro atoms. The van der Waals surface area contributed by atoms with Crippen molar-refractivity contribution >= 4 is 11.9 Å². The van der Waals surface area contributed by atoms with Crippen LogP contribution in [0.2, 0.25) is 0 Å². The van der Waals surface area contributed by atoms with E-state index in [0.717, 1.165) is 11.1 Å². The molecule has 2 N–H and O–H groups in total. The summed E-state index contributed by atoms with van der Waals surface area (Å²) in [5.74, 6) is 0.333. The van der Waals surface area contributed by atoms with Crippen LogP contribution in [0.5, 0.6) is 17.2 Å². The number of hydrogen-bond donors (Lipinski definition) is 2. The first-order chi connectivity index (χ1) is 11.8. The zero-order valence-electron chi connectivity index (χ0n) is 14.9. The number of benzene rings is 2. The first kappa shape index (κ1) is 17.1. The third-order valence-corrected chi connectivity index (χ3v) is 4.43. The fourth-order valence-electron chi connectivity index (χ4n) is 3.30. The minimum absolute atomic E-state index is 0.0415. The second-order valence-corrected chi connectivity index (χ2v) is 6.80. The number of hydrogen-bond acceptors (Lipinski definition) is 4. The summed E-state index contributed by atoms with van der Waals surface area (Å²) in [7, 11) is 1.54. The van der Waals surface area contributed by atoms with Crippen molar-refractivity contribution in [2.75, 3.05) is 7.11 Å². The van der Waals surface area contributed by atoms with Gasteiger partial charge in [0, 0.05) is 0 Å². The Bertz CT molecular complexity index is 891. The molecule has 4 nitrogen and oxygen atoms in total. The third kappa shape index (κ3) is 2.88. The van der Waals surface area contributed by atoms with Gasteiger partial charge in [0.2, 0.25) is 5.78 Å². The molecule has 1 aliphatic rings. The molecule has 2 aromatic rings. The maximum atomic E-state index is 13.0. The third-order valence-electron chi connectivity index (χ3n) is 4.43. The Morgan fingerprint density at radius 3 is 2.44 bits per heavy atom. The molecule has 0 amide bonds. The molecule has 0 radical (unpaired) electrons. The van der Waals surface area contributed by atoms with E-state index in [4.69, 9.17) is 4.74 Å². The Morgan fingerprint density at radius 1 is 1.12 bits per heavy atom. The SMILES string of the molecule is COc1cc2c(c(O)c1C=CC(C)C)C(=O)c1c(O)cc(C)cc1C2. The normalized spacial score (nSPS) is 13.2. The van der Waals surface area contributed by atoms with E-state index in [9.17, 15) is 15.0 Å². The lowest BCUT2D eigenvalue weighted by Gasteiger charge is -2.23. The van der Waals surface area contributed by atoms with Crippen molar-refractivity contribution in [1.29, 1.82) is 0 Å². The number of aromatic hydroxyl groups is 2. The molecule has 130 valence electrons. The Kier molecular flexibility index (Phi) is 4.29. The van der Waals surface area contributed by atoms with E-state index >= 15 is 0 Å². The number of carbonyl (C=O) groups is 1. The van der Waals surface area contributed by atoms with Gasteiger partial charge in [-0.15, -0.1) is 0 Å². The lowest BCUT2D eigenvalue weighted by molar-refractivity contribution is 0.102. The molecule has 4 heteroatoms. The number of methoxy groups -OCH3 is 1. The van der Waals surface area contributed by atoms with Crippen molar-refractivity contribution in [3.8, 4) is 17.2 Å². The molecule has 0 aromatic heterocycles. The summed E-state index contributed by atoms with van der Waals surface area (Å²) >= 11 is 0. The van der Waals surface area contributed by atoms with Crippen molar-refractivity contribution in [2.45, 2.75) is 27.2 Å². The number of aryl methyl sites for hydroxylation is 1. The number of rotatable bonds is 3. The maximum absolute atomic E-state index is 13.0. The highest BCUT2D eigenvalue weighted by Gasteiger charge is 2.31. The van der Waals surface area contributed by atoms with E-state index in [2.05, 4.69) is 0 Å². The van der Waals surface area contributed by atoms with Gasteiger partial charge in [-0.3, -0.25) is 4.79 Å². The van der Waals surface area contributed by atoms with E-state index in [1.807, 2.05) is 32.9 Å². The molecule has 0 fully saturated rings. The monoisotopic (exact) mass is 338 g/mol. The predicted octanol–water partition coefficient (Wildman–Crippen LogP) is 4.22. The van der Waals surface area contributed by atoms with Crippen molar-refractivity contribution < 1.29 is 19.7 Å². The van der Waals surface area contributed by atoms with Crippen LogP contribution in [-0.2, 0) is 6.42 Å². The average molecular weight is 338 g/mol. The maximum Gasteiger partial charge on any atom is 0.201 e. The first-order valence-corrected chi connectivity index (χ1v) is 8.31. The van der Waals surface area contributed by atoms with Crippen LogP contribution in [0.1, 0.15) is 52.0 Å². The van der Waals surface area contributed by atoms with E-state index in [1.165, 1.54) is 0 Å². The summed E-state index contributed by atoms with van der Waals surface area (Å²) in [5.41, 5.74) is 3.37. The van der Waals surface area contributed by atoms with Crippen LogP contribution < -0.4 is 4.74 Å². The quantitative estimate of drug-likeness (QED) is 0.750. The Hall–Kier alpha value is -2.75. The largest absolute Gasteiger partial charge is 0.507 e. The Morgan fingerprint density at radius 2 is 1.80 bits per heavy atom. The molecule has 0 atom stereocenters. The number of phenols is 2. The topological polar surface area (TPSA) is 66.8 Å². The van der Waals surface area contributed by atoms with E-state index in [-0.39, 0.29) is 28.4 Å². The Labute approximate surface area is 147 Å². The molecule has 3 rings (SSSR count). The average Bonchev–Trinajstić information content (AvgIpc) is 2.52. The highest BCUT2D eigenvalue weighted by atomic mass is 16.5. The summed E-state index contributed by atoms with van der Waals surface area (Å²) < 4.78 is 5.42. The zero-order valence-corrected chi connectivity index (χ0v) is 14.9. The van der Waals surface area contributed by atoms with Gasteiger partial charge in [0.1, 0.15) is 17.2 Å². The summed E-state index contributed by atoms with van der Waals surface area (Å²) in [6.07, 6.45) is 4.17. The molecule has 0 unspecified atom stereocenters. The summed E-state index contributed by atoms with van der Waals surface area (Å²) in [6, 6.07) is 5.27. The van der Waals surface area contributed by atoms with Crippen LogP contribution in [0.3, 0.4) is 0 Å². The number of fused-ring (bicyclic) bond motifs is 2. The van der Waals surface area contributed by atoms with Gasteiger partial charge >= 0.3 is 0 Å². The second kappa shape index (κ2) is 6.28. The highest BCUT2D eigenvalue weighted by Crippen LogP contribution is 2.42. The van der Waals surface area contributed by atoms with Crippen LogP contribution in [0, 0.1) is 12.8 Å². The van der Waals surface area contributed by atoms with E-state index in [1.54, 1.807) is 25.3 Å². The summed E-state index contributed by atoms with van der Waals surface area (Å²) in [4.78, 5) is 13.0. The molecular weight excluding hydrogens is 316 g/mol. The summed E-state index contributed by atoms with van der Waals surface area (Å²) in [5, 5.41) is 21.0. The van der Waals surface area contributed by atoms with Crippen LogP contribution in [-0.4, -0.2) is 23.1 Å². The van der Waals surface area contributed by atoms with E-state index in [0.29, 0.717) is 29.2 Å². The van der Waals surface area contributed by atoms with Crippen LogP contribution in [0.15, 0.2) is 24.3 Å². The van der Waals surface area contributed by atoms with Crippen LogP contribution in [0.4, 0.5) is 0 Å². The van der Waals surface area contributed by atoms with Gasteiger partial charge in [-0.2, -0.15) is 0 Å². The molecule has 0 aliphatic heterocycles.